The molecule has 0 atom stereocenters. The summed E-state index contributed by atoms with van der Waals surface area (Å²) in [7, 11) is -0.735. The molecule has 6 nitrogen and oxygen atoms in total. The van der Waals surface area contributed by atoms with Crippen molar-refractivity contribution in [2.24, 2.45) is 4.99 Å². The molecule has 0 unspecified atom stereocenters. The minimum absolute atomic E-state index is 0.114. The summed E-state index contributed by atoms with van der Waals surface area (Å²) in [4.78, 5) is 17.6. The summed E-state index contributed by atoms with van der Waals surface area (Å²) in [5.41, 5.74) is 3.20. The van der Waals surface area contributed by atoms with Crippen molar-refractivity contribution < 1.29 is 9.00 Å². The molecule has 1 aromatic carbocycles. The van der Waals surface area contributed by atoms with E-state index in [-0.39, 0.29) is 11.9 Å². The van der Waals surface area contributed by atoms with Crippen LogP contribution >= 0.6 is 0 Å². The van der Waals surface area contributed by atoms with Crippen molar-refractivity contribution in [1.82, 2.24) is 15.1 Å². The summed E-state index contributed by atoms with van der Waals surface area (Å²) in [6, 6.07) is 10.1. The van der Waals surface area contributed by atoms with Crippen LogP contribution in [0.2, 0.25) is 0 Å². The summed E-state index contributed by atoms with van der Waals surface area (Å²) in [6.45, 7) is 2.40. The highest BCUT2D eigenvalue weighted by atomic mass is 32.2. The Kier molecular flexibility index (Phi) is 4.72. The van der Waals surface area contributed by atoms with Crippen molar-refractivity contribution in [2.75, 3.05) is 18.1 Å². The van der Waals surface area contributed by atoms with Crippen molar-refractivity contribution in [2.45, 2.75) is 32.2 Å². The third kappa shape index (κ3) is 3.11. The normalized spacial score (nSPS) is 23.0. The van der Waals surface area contributed by atoms with E-state index in [9.17, 15) is 9.00 Å². The van der Waals surface area contributed by atoms with E-state index in [0.29, 0.717) is 35.9 Å². The molecule has 0 aliphatic carbocycles. The zero-order chi connectivity index (χ0) is 18.1. The molecule has 4 rings (SSSR count). The van der Waals surface area contributed by atoms with E-state index in [2.05, 4.69) is 5.32 Å². The van der Waals surface area contributed by atoms with Gasteiger partial charge in [0.1, 0.15) is 5.56 Å². The molecule has 136 valence electrons. The number of hydrogen-bond acceptors (Lipinski definition) is 4. The van der Waals surface area contributed by atoms with Gasteiger partial charge in [-0.2, -0.15) is 5.10 Å². The molecule has 3 heterocycles. The Bertz CT molecular complexity index is 878. The van der Waals surface area contributed by atoms with Gasteiger partial charge < -0.3 is 5.32 Å². The predicted octanol–water partition coefficient (Wildman–Crippen LogP) is 2.39. The van der Waals surface area contributed by atoms with Gasteiger partial charge in [0.05, 0.1) is 24.0 Å². The number of hydrogen-bond donors (Lipinski definition) is 1. The maximum atomic E-state index is 12.7. The minimum atomic E-state index is -0.735. The molecule has 2 aromatic rings. The zero-order valence-electron chi connectivity index (χ0n) is 14.8. The van der Waals surface area contributed by atoms with Crippen molar-refractivity contribution in [3.05, 3.63) is 47.2 Å². The van der Waals surface area contributed by atoms with Gasteiger partial charge in [0.2, 0.25) is 0 Å². The first kappa shape index (κ1) is 17.1. The van der Waals surface area contributed by atoms with Gasteiger partial charge in [0.25, 0.3) is 5.91 Å². The number of aromatic nitrogens is 2. The standard InChI is InChI=1S/C19H22N4O2S/c1-2-15-17-18(23(22-15)14-8-10-26(25)11-9-14)21-16(12-20-19(17)24)13-6-4-3-5-7-13/h3-7,14H,2,8-12H2,1H3,(H,20,24). The molecule has 0 radical (unpaired) electrons. The highest BCUT2D eigenvalue weighted by Crippen LogP contribution is 2.33. The topological polar surface area (TPSA) is 76.3 Å². The highest BCUT2D eigenvalue weighted by molar-refractivity contribution is 7.85. The molecule has 1 saturated heterocycles. The summed E-state index contributed by atoms with van der Waals surface area (Å²) in [5.74, 6) is 1.90. The number of nitrogens with one attached hydrogen (secondary N) is 1. The molecule has 1 aromatic heterocycles. The van der Waals surface area contributed by atoms with Crippen molar-refractivity contribution in [1.29, 1.82) is 0 Å². The number of carbonyl (C=O) groups excluding carboxylic acids is 1. The van der Waals surface area contributed by atoms with Gasteiger partial charge in [-0.15, -0.1) is 0 Å². The molecule has 0 saturated carbocycles. The van der Waals surface area contributed by atoms with Crippen LogP contribution in [0.1, 0.15) is 47.4 Å². The number of aryl methyl sites for hydroxylation is 1. The van der Waals surface area contributed by atoms with Gasteiger partial charge in [0, 0.05) is 22.3 Å². The Morgan fingerprint density at radius 3 is 2.65 bits per heavy atom. The van der Waals surface area contributed by atoms with Crippen LogP contribution in [0.3, 0.4) is 0 Å². The van der Waals surface area contributed by atoms with Crippen LogP contribution in [-0.2, 0) is 17.2 Å². The fourth-order valence-electron chi connectivity index (χ4n) is 3.56. The Morgan fingerprint density at radius 2 is 1.96 bits per heavy atom. The second-order valence-corrected chi connectivity index (χ2v) is 8.33. The highest BCUT2D eigenvalue weighted by Gasteiger charge is 2.30. The largest absolute Gasteiger partial charge is 0.346 e. The van der Waals surface area contributed by atoms with Gasteiger partial charge in [-0.3, -0.25) is 9.00 Å². The van der Waals surface area contributed by atoms with E-state index in [0.717, 1.165) is 29.8 Å². The van der Waals surface area contributed by atoms with Gasteiger partial charge >= 0.3 is 0 Å². The molecule has 1 amide bonds. The molecule has 7 heteroatoms. The first-order chi connectivity index (χ1) is 12.7. The smallest absolute Gasteiger partial charge is 0.257 e. The number of carbonyl (C=O) groups is 1. The summed E-state index contributed by atoms with van der Waals surface area (Å²) >= 11 is 0. The summed E-state index contributed by atoms with van der Waals surface area (Å²) < 4.78 is 13.6. The van der Waals surface area contributed by atoms with Crippen LogP contribution in [0.15, 0.2) is 35.3 Å². The van der Waals surface area contributed by atoms with Crippen LogP contribution in [0, 0.1) is 0 Å². The average molecular weight is 370 g/mol. The average Bonchev–Trinajstić information content (AvgIpc) is 2.95. The quantitative estimate of drug-likeness (QED) is 0.901. The molecule has 2 aliphatic heterocycles. The van der Waals surface area contributed by atoms with Gasteiger partial charge in [-0.05, 0) is 24.8 Å². The molecule has 2 aliphatic rings. The van der Waals surface area contributed by atoms with Crippen LogP contribution in [0.4, 0.5) is 5.82 Å². The second-order valence-electron chi connectivity index (χ2n) is 6.63. The lowest BCUT2D eigenvalue weighted by Crippen LogP contribution is -2.28. The Balaban J connectivity index is 1.83. The first-order valence-electron chi connectivity index (χ1n) is 9.05. The van der Waals surface area contributed by atoms with E-state index in [1.807, 2.05) is 41.9 Å². The van der Waals surface area contributed by atoms with E-state index < -0.39 is 10.8 Å². The molecular weight excluding hydrogens is 348 g/mol. The number of amides is 1. The maximum absolute atomic E-state index is 12.7. The SMILES string of the molecule is CCc1nn(C2CCS(=O)CC2)c2c1C(=O)NCC(c1ccccc1)=N2. The van der Waals surface area contributed by atoms with Crippen LogP contribution < -0.4 is 5.32 Å². The van der Waals surface area contributed by atoms with Crippen molar-refractivity contribution in [3.8, 4) is 0 Å². The van der Waals surface area contributed by atoms with Gasteiger partial charge in [-0.25, -0.2) is 9.67 Å². The van der Waals surface area contributed by atoms with Gasteiger partial charge in [0.15, 0.2) is 5.82 Å². The van der Waals surface area contributed by atoms with Gasteiger partial charge in [-0.1, -0.05) is 37.3 Å². The monoisotopic (exact) mass is 370 g/mol. The molecule has 26 heavy (non-hydrogen) atoms. The molecule has 0 spiro atoms. The number of aliphatic imine (C=N–C) groups is 1. The Morgan fingerprint density at radius 1 is 1.23 bits per heavy atom. The summed E-state index contributed by atoms with van der Waals surface area (Å²) in [5, 5.41) is 7.70. The van der Waals surface area contributed by atoms with Crippen LogP contribution in [0.25, 0.3) is 0 Å². The van der Waals surface area contributed by atoms with E-state index >= 15 is 0 Å². The van der Waals surface area contributed by atoms with E-state index in [1.165, 1.54) is 0 Å². The number of benzene rings is 1. The predicted molar refractivity (Wildman–Crippen MR) is 103 cm³/mol. The fourth-order valence-corrected chi connectivity index (χ4v) is 4.83. The zero-order valence-corrected chi connectivity index (χ0v) is 15.6. The molecule has 1 N–H and O–H groups in total. The summed E-state index contributed by atoms with van der Waals surface area (Å²) in [6.07, 6.45) is 2.29. The fraction of sp³-hybridized carbons (Fsp3) is 0.421. The minimum Gasteiger partial charge on any atom is -0.346 e. The number of nitrogens with zero attached hydrogens (tertiary/aromatic N) is 3. The third-order valence-corrected chi connectivity index (χ3v) is 6.37. The lowest BCUT2D eigenvalue weighted by atomic mass is 10.1. The maximum Gasteiger partial charge on any atom is 0.257 e. The lowest BCUT2D eigenvalue weighted by Gasteiger charge is -2.22. The third-order valence-electron chi connectivity index (χ3n) is 4.99. The van der Waals surface area contributed by atoms with Crippen LogP contribution in [0.5, 0.6) is 0 Å². The number of fused-ring (bicyclic) bond motifs is 1. The molecular formula is C19H22N4O2S. The second kappa shape index (κ2) is 7.15. The van der Waals surface area contributed by atoms with Crippen molar-refractivity contribution >= 4 is 28.2 Å². The first-order valence-corrected chi connectivity index (χ1v) is 10.5. The molecule has 1 fully saturated rings. The lowest BCUT2D eigenvalue weighted by molar-refractivity contribution is 0.0960. The van der Waals surface area contributed by atoms with Crippen molar-refractivity contribution in [3.63, 3.8) is 0 Å². The van der Waals surface area contributed by atoms with E-state index in [4.69, 9.17) is 10.1 Å². The number of rotatable bonds is 3. The van der Waals surface area contributed by atoms with E-state index in [1.54, 1.807) is 0 Å². The van der Waals surface area contributed by atoms with Crippen LogP contribution in [-0.4, -0.2) is 43.7 Å². The Hall–Kier alpha value is -2.28. The Labute approximate surface area is 155 Å². The molecule has 0 bridgehead atoms.